The molecular weight excluding hydrogens is 517 g/mol. The van der Waals surface area contributed by atoms with Gasteiger partial charge in [-0.2, -0.15) is 0 Å². The van der Waals surface area contributed by atoms with Crippen molar-refractivity contribution in [1.82, 2.24) is 10.4 Å². The summed E-state index contributed by atoms with van der Waals surface area (Å²) in [6.07, 6.45) is 1.49. The molecule has 0 saturated carbocycles. The van der Waals surface area contributed by atoms with E-state index < -0.39 is 21.3 Å². The number of nitrogens with one attached hydrogen (secondary N) is 2. The van der Waals surface area contributed by atoms with Crippen LogP contribution in [-0.4, -0.2) is 49.2 Å². The van der Waals surface area contributed by atoms with Crippen LogP contribution in [0.15, 0.2) is 36.4 Å². The van der Waals surface area contributed by atoms with Gasteiger partial charge in [0.05, 0.1) is 30.5 Å². The summed E-state index contributed by atoms with van der Waals surface area (Å²) in [4.78, 5) is 12.3. The molecule has 0 aromatic heterocycles. The first-order chi connectivity index (χ1) is 17.0. The average Bonchev–Trinajstić information content (AvgIpc) is 2.78. The summed E-state index contributed by atoms with van der Waals surface area (Å²) in [5, 5.41) is 14.4. The number of halogens is 1. The third kappa shape index (κ3) is 10.3. The van der Waals surface area contributed by atoms with Gasteiger partial charge in [-0.15, -0.1) is 0 Å². The Labute approximate surface area is 224 Å². The van der Waals surface area contributed by atoms with Gasteiger partial charge in [0.2, 0.25) is 10.0 Å². The number of esters is 1. The molecule has 1 atom stereocenters. The number of carbonyl (C=O) groups excluding carboxylic acids is 1. The number of sulfonamides is 1. The SMILES string of the molecule is Cc1ccc(C[C@@H](COC(=O)C(C)(C)C)CN(O)C(=S)NCc2ccc(NS(C)(=O)=O)c(F)c2)cc1C. The molecule has 0 amide bonds. The highest BCUT2D eigenvalue weighted by atomic mass is 32.2. The predicted molar refractivity (Wildman–Crippen MR) is 146 cm³/mol. The van der Waals surface area contributed by atoms with Crippen molar-refractivity contribution in [3.63, 3.8) is 0 Å². The fourth-order valence-electron chi connectivity index (χ4n) is 3.40. The monoisotopic (exact) mass is 553 g/mol. The van der Waals surface area contributed by atoms with Crippen molar-refractivity contribution in [2.45, 2.75) is 47.6 Å². The molecule has 0 aliphatic carbocycles. The van der Waals surface area contributed by atoms with Crippen LogP contribution in [0.1, 0.15) is 43.0 Å². The molecule has 2 aromatic carbocycles. The summed E-state index contributed by atoms with van der Waals surface area (Å²) in [6, 6.07) is 10.2. The molecule has 8 nitrogen and oxygen atoms in total. The Morgan fingerprint density at radius 1 is 1.14 bits per heavy atom. The average molecular weight is 554 g/mol. The van der Waals surface area contributed by atoms with E-state index >= 15 is 0 Å². The fraction of sp³-hybridized carbons (Fsp3) is 0.462. The van der Waals surface area contributed by atoms with E-state index in [1.165, 1.54) is 17.7 Å². The summed E-state index contributed by atoms with van der Waals surface area (Å²) in [5.41, 5.74) is 3.05. The molecule has 0 spiro atoms. The molecule has 0 unspecified atom stereocenters. The van der Waals surface area contributed by atoms with Gasteiger partial charge in [0, 0.05) is 12.5 Å². The number of thiocarbonyl (C=S) groups is 1. The lowest BCUT2D eigenvalue weighted by Gasteiger charge is -2.26. The zero-order valence-electron chi connectivity index (χ0n) is 22.1. The number of hydrogen-bond donors (Lipinski definition) is 3. The molecule has 37 heavy (non-hydrogen) atoms. The zero-order chi connectivity index (χ0) is 28.0. The van der Waals surface area contributed by atoms with Crippen LogP contribution in [0.25, 0.3) is 0 Å². The molecular formula is C26H36FN3O5S2. The van der Waals surface area contributed by atoms with Gasteiger partial charge < -0.3 is 10.1 Å². The van der Waals surface area contributed by atoms with Crippen molar-refractivity contribution >= 4 is 39.0 Å². The largest absolute Gasteiger partial charge is 0.465 e. The van der Waals surface area contributed by atoms with Crippen LogP contribution >= 0.6 is 12.2 Å². The molecule has 204 valence electrons. The van der Waals surface area contributed by atoms with Gasteiger partial charge in [-0.3, -0.25) is 14.7 Å². The van der Waals surface area contributed by atoms with Crippen molar-refractivity contribution in [2.75, 3.05) is 24.1 Å². The molecule has 0 aliphatic heterocycles. The van der Waals surface area contributed by atoms with Crippen LogP contribution in [0.4, 0.5) is 10.1 Å². The molecule has 2 aromatic rings. The van der Waals surface area contributed by atoms with E-state index in [1.807, 2.05) is 26.0 Å². The highest BCUT2D eigenvalue weighted by molar-refractivity contribution is 7.92. The lowest BCUT2D eigenvalue weighted by atomic mass is 9.96. The van der Waals surface area contributed by atoms with Crippen molar-refractivity contribution in [2.24, 2.45) is 11.3 Å². The second-order valence-electron chi connectivity index (χ2n) is 10.3. The number of hydrogen-bond acceptors (Lipinski definition) is 6. The standard InChI is InChI=1S/C26H36FN3O5S2/c1-17-7-8-19(11-18(17)2)12-21(16-35-24(31)26(3,4)5)15-30(32)25(36)28-14-20-9-10-23(22(27)13-20)29-37(6,33)34/h7-11,13,21,29,32H,12,14-16H2,1-6H3,(H,28,36)/t21-/m1/s1. The maximum Gasteiger partial charge on any atom is 0.311 e. The van der Waals surface area contributed by atoms with E-state index in [0.717, 1.165) is 22.4 Å². The van der Waals surface area contributed by atoms with Gasteiger partial charge in [-0.05, 0) is 87.6 Å². The minimum Gasteiger partial charge on any atom is -0.465 e. The first kappa shape index (κ1) is 30.5. The Morgan fingerprint density at radius 3 is 2.35 bits per heavy atom. The van der Waals surface area contributed by atoms with E-state index in [1.54, 1.807) is 26.8 Å². The zero-order valence-corrected chi connectivity index (χ0v) is 23.7. The topological polar surface area (TPSA) is 108 Å². The van der Waals surface area contributed by atoms with E-state index in [9.17, 15) is 22.8 Å². The Hall–Kier alpha value is -2.76. The number of hydroxylamine groups is 2. The number of anilines is 1. The van der Waals surface area contributed by atoms with Crippen molar-refractivity contribution in [3.05, 3.63) is 64.5 Å². The summed E-state index contributed by atoms with van der Waals surface area (Å²) >= 11 is 5.29. The third-order valence-electron chi connectivity index (χ3n) is 5.60. The summed E-state index contributed by atoms with van der Waals surface area (Å²) in [5.74, 6) is -1.32. The number of benzene rings is 2. The molecule has 0 saturated heterocycles. The van der Waals surface area contributed by atoms with Crippen LogP contribution in [0.3, 0.4) is 0 Å². The van der Waals surface area contributed by atoms with E-state index in [0.29, 0.717) is 12.0 Å². The van der Waals surface area contributed by atoms with Crippen LogP contribution in [0.5, 0.6) is 0 Å². The summed E-state index contributed by atoms with van der Waals surface area (Å²) < 4.78 is 44.5. The van der Waals surface area contributed by atoms with Gasteiger partial charge >= 0.3 is 5.97 Å². The lowest BCUT2D eigenvalue weighted by Crippen LogP contribution is -2.41. The quantitative estimate of drug-likeness (QED) is 0.227. The molecule has 3 N–H and O–H groups in total. The number of ether oxygens (including phenoxy) is 1. The number of carbonyl (C=O) groups is 1. The van der Waals surface area contributed by atoms with E-state index in [-0.39, 0.29) is 42.4 Å². The third-order valence-corrected chi connectivity index (χ3v) is 6.54. The Kier molecular flexibility index (Phi) is 10.4. The highest BCUT2D eigenvalue weighted by Crippen LogP contribution is 2.20. The predicted octanol–water partition coefficient (Wildman–Crippen LogP) is 4.33. The summed E-state index contributed by atoms with van der Waals surface area (Å²) in [6.45, 7) is 9.69. The molecule has 0 aliphatic rings. The minimum atomic E-state index is -3.60. The van der Waals surface area contributed by atoms with E-state index in [2.05, 4.69) is 16.1 Å². The van der Waals surface area contributed by atoms with Crippen LogP contribution in [-0.2, 0) is 32.5 Å². The van der Waals surface area contributed by atoms with Crippen LogP contribution in [0.2, 0.25) is 0 Å². The number of aryl methyl sites for hydroxylation is 2. The van der Waals surface area contributed by atoms with Gasteiger partial charge in [0.15, 0.2) is 5.11 Å². The Bertz CT molecular complexity index is 1230. The van der Waals surface area contributed by atoms with Crippen molar-refractivity contribution in [1.29, 1.82) is 0 Å². The second kappa shape index (κ2) is 12.7. The number of nitrogens with zero attached hydrogens (tertiary/aromatic N) is 1. The maximum absolute atomic E-state index is 14.2. The Morgan fingerprint density at radius 2 is 1.78 bits per heavy atom. The molecule has 0 fully saturated rings. The number of rotatable bonds is 10. The van der Waals surface area contributed by atoms with Gasteiger partial charge in [0.25, 0.3) is 0 Å². The van der Waals surface area contributed by atoms with Gasteiger partial charge in [-0.25, -0.2) is 17.9 Å². The summed E-state index contributed by atoms with van der Waals surface area (Å²) in [7, 11) is -3.60. The van der Waals surface area contributed by atoms with Crippen LogP contribution < -0.4 is 10.0 Å². The molecule has 0 bridgehead atoms. The molecule has 11 heteroatoms. The van der Waals surface area contributed by atoms with E-state index in [4.69, 9.17) is 17.0 Å². The first-order valence-corrected chi connectivity index (χ1v) is 14.1. The fourth-order valence-corrected chi connectivity index (χ4v) is 4.11. The molecule has 0 radical (unpaired) electrons. The highest BCUT2D eigenvalue weighted by Gasteiger charge is 2.25. The lowest BCUT2D eigenvalue weighted by molar-refractivity contribution is -0.155. The van der Waals surface area contributed by atoms with Crippen LogP contribution in [0, 0.1) is 31.0 Å². The first-order valence-electron chi connectivity index (χ1n) is 11.8. The molecule has 2 rings (SSSR count). The normalized spacial score (nSPS) is 12.5. The minimum absolute atomic E-state index is 0.0194. The maximum atomic E-state index is 14.2. The van der Waals surface area contributed by atoms with Crippen molar-refractivity contribution in [3.8, 4) is 0 Å². The van der Waals surface area contributed by atoms with Gasteiger partial charge in [-0.1, -0.05) is 24.3 Å². The molecule has 0 heterocycles. The Balaban J connectivity index is 2.04. The van der Waals surface area contributed by atoms with Crippen molar-refractivity contribution < 1.29 is 27.5 Å². The smallest absolute Gasteiger partial charge is 0.311 e. The van der Waals surface area contributed by atoms with Gasteiger partial charge in [0.1, 0.15) is 5.82 Å². The second-order valence-corrected chi connectivity index (χ2v) is 12.4.